The fourth-order valence-corrected chi connectivity index (χ4v) is 3.32. The molecule has 2 aromatic rings. The maximum absolute atomic E-state index is 12.4. The van der Waals surface area contributed by atoms with E-state index in [4.69, 9.17) is 9.47 Å². The molecule has 0 radical (unpaired) electrons. The highest BCUT2D eigenvalue weighted by Gasteiger charge is 2.47. The molecular formula is C16H16N4O5. The van der Waals surface area contributed by atoms with Gasteiger partial charge in [0.15, 0.2) is 11.5 Å². The Hall–Kier alpha value is -3.10. The van der Waals surface area contributed by atoms with Gasteiger partial charge in [-0.05, 0) is 31.5 Å². The Morgan fingerprint density at radius 1 is 1.36 bits per heavy atom. The number of hydrogen-bond acceptors (Lipinski definition) is 6. The Bertz CT molecular complexity index is 875. The van der Waals surface area contributed by atoms with Crippen LogP contribution in [0, 0.1) is 10.1 Å². The van der Waals surface area contributed by atoms with Crippen LogP contribution in [0.3, 0.4) is 0 Å². The second-order valence-corrected chi connectivity index (χ2v) is 6.30. The first-order chi connectivity index (χ1) is 12.0. The average molecular weight is 344 g/mol. The van der Waals surface area contributed by atoms with Crippen molar-refractivity contribution in [1.29, 1.82) is 0 Å². The molecule has 2 atom stereocenters. The smallest absolute Gasteiger partial charge is 0.301 e. The molecule has 1 aromatic heterocycles. The van der Waals surface area contributed by atoms with E-state index in [0.29, 0.717) is 28.4 Å². The lowest BCUT2D eigenvalue weighted by Gasteiger charge is -2.27. The number of anilines is 1. The highest BCUT2D eigenvalue weighted by molar-refractivity contribution is 5.98. The van der Waals surface area contributed by atoms with Crippen molar-refractivity contribution in [3.63, 3.8) is 0 Å². The van der Waals surface area contributed by atoms with Crippen LogP contribution >= 0.6 is 0 Å². The molecule has 0 saturated heterocycles. The van der Waals surface area contributed by atoms with Gasteiger partial charge in [-0.2, -0.15) is 5.10 Å². The number of aromatic nitrogens is 2. The first-order valence-electron chi connectivity index (χ1n) is 7.88. The summed E-state index contributed by atoms with van der Waals surface area (Å²) < 4.78 is 12.3. The lowest BCUT2D eigenvalue weighted by molar-refractivity contribution is -0.509. The number of nitro groups is 1. The number of nitrogens with one attached hydrogen (secondary N) is 1. The molecule has 0 unspecified atom stereocenters. The molecule has 1 aromatic carbocycles. The van der Waals surface area contributed by atoms with E-state index in [1.165, 1.54) is 0 Å². The number of carbonyl (C=O) groups excluding carboxylic acids is 1. The predicted molar refractivity (Wildman–Crippen MR) is 86.4 cm³/mol. The van der Waals surface area contributed by atoms with Crippen molar-refractivity contribution in [3.8, 4) is 11.5 Å². The van der Waals surface area contributed by atoms with Gasteiger partial charge in [0.1, 0.15) is 5.82 Å². The topological polar surface area (TPSA) is 109 Å². The van der Waals surface area contributed by atoms with Crippen molar-refractivity contribution in [2.24, 2.45) is 0 Å². The van der Waals surface area contributed by atoms with Crippen molar-refractivity contribution < 1.29 is 19.2 Å². The van der Waals surface area contributed by atoms with E-state index < -0.39 is 22.8 Å². The monoisotopic (exact) mass is 344 g/mol. The maximum atomic E-state index is 12.4. The van der Waals surface area contributed by atoms with Crippen LogP contribution in [0.5, 0.6) is 11.5 Å². The summed E-state index contributed by atoms with van der Waals surface area (Å²) in [6, 6.07) is 3.70. The van der Waals surface area contributed by atoms with Crippen LogP contribution in [0.1, 0.15) is 36.9 Å². The summed E-state index contributed by atoms with van der Waals surface area (Å²) in [5.41, 5.74) is 1.24. The van der Waals surface area contributed by atoms with Gasteiger partial charge >= 0.3 is 11.9 Å². The standard InChI is InChI=1S/C16H16N4O5/c1-8(2)19-15-10(6-17-19)13(14(20(22)23)16(21)18-15)9-3-4-11-12(5-9)25-7-24-11/h3-6,8,13-14H,7H2,1-2H3,(H,18,21)/t13-,14-/m0/s1. The lowest BCUT2D eigenvalue weighted by atomic mass is 9.83. The van der Waals surface area contributed by atoms with E-state index in [2.05, 4.69) is 10.4 Å². The van der Waals surface area contributed by atoms with Gasteiger partial charge in [-0.25, -0.2) is 4.68 Å². The molecule has 3 heterocycles. The second-order valence-electron chi connectivity index (χ2n) is 6.30. The molecule has 1 N–H and O–H groups in total. The van der Waals surface area contributed by atoms with E-state index in [-0.39, 0.29) is 12.8 Å². The minimum Gasteiger partial charge on any atom is -0.454 e. The molecule has 0 saturated carbocycles. The Labute approximate surface area is 142 Å². The van der Waals surface area contributed by atoms with Crippen LogP contribution < -0.4 is 14.8 Å². The maximum Gasteiger partial charge on any atom is 0.301 e. The normalized spacial score (nSPS) is 21.2. The summed E-state index contributed by atoms with van der Waals surface area (Å²) in [6.07, 6.45) is 1.58. The minimum absolute atomic E-state index is 0.00797. The number of rotatable bonds is 3. The molecule has 130 valence electrons. The van der Waals surface area contributed by atoms with Crippen molar-refractivity contribution in [1.82, 2.24) is 9.78 Å². The number of benzene rings is 1. The van der Waals surface area contributed by atoms with Gasteiger partial charge in [0.05, 0.1) is 12.1 Å². The van der Waals surface area contributed by atoms with Crippen LogP contribution in [0.4, 0.5) is 5.82 Å². The number of hydrogen-bond donors (Lipinski definition) is 1. The molecule has 2 aliphatic heterocycles. The minimum atomic E-state index is -1.43. The number of nitrogens with zero attached hydrogens (tertiary/aromatic N) is 3. The Balaban J connectivity index is 1.88. The zero-order valence-corrected chi connectivity index (χ0v) is 13.6. The zero-order chi connectivity index (χ0) is 17.7. The molecule has 2 aliphatic rings. The molecule has 0 bridgehead atoms. The summed E-state index contributed by atoms with van der Waals surface area (Å²) in [5, 5.41) is 18.5. The van der Waals surface area contributed by atoms with Gasteiger partial charge in [-0.15, -0.1) is 0 Å². The van der Waals surface area contributed by atoms with Crippen molar-refractivity contribution in [3.05, 3.63) is 45.6 Å². The number of fused-ring (bicyclic) bond motifs is 2. The van der Waals surface area contributed by atoms with E-state index in [0.717, 1.165) is 0 Å². The van der Waals surface area contributed by atoms with Crippen LogP contribution in [0.25, 0.3) is 0 Å². The third-order valence-corrected chi connectivity index (χ3v) is 4.46. The summed E-state index contributed by atoms with van der Waals surface area (Å²) >= 11 is 0. The van der Waals surface area contributed by atoms with Crippen LogP contribution in [-0.4, -0.2) is 33.4 Å². The molecule has 25 heavy (non-hydrogen) atoms. The lowest BCUT2D eigenvalue weighted by Crippen LogP contribution is -2.44. The van der Waals surface area contributed by atoms with E-state index in [1.807, 2.05) is 13.8 Å². The second kappa shape index (κ2) is 5.47. The number of ether oxygens (including phenoxy) is 2. The molecular weight excluding hydrogens is 328 g/mol. The largest absolute Gasteiger partial charge is 0.454 e. The molecule has 0 aliphatic carbocycles. The number of amides is 1. The summed E-state index contributed by atoms with van der Waals surface area (Å²) in [7, 11) is 0. The predicted octanol–water partition coefficient (Wildman–Crippen LogP) is 1.92. The molecule has 9 heteroatoms. The van der Waals surface area contributed by atoms with Crippen LogP contribution in [0.15, 0.2) is 24.4 Å². The van der Waals surface area contributed by atoms with Crippen molar-refractivity contribution in [2.45, 2.75) is 31.8 Å². The van der Waals surface area contributed by atoms with Gasteiger partial charge in [-0.3, -0.25) is 14.9 Å². The van der Waals surface area contributed by atoms with Crippen LogP contribution in [-0.2, 0) is 4.79 Å². The SMILES string of the molecule is CC(C)n1ncc2c1NC(=O)[C@@H]([N+](=O)[O-])[C@H]2c1ccc2c(c1)OCO2. The fourth-order valence-electron chi connectivity index (χ4n) is 3.32. The van der Waals surface area contributed by atoms with Gasteiger partial charge < -0.3 is 14.8 Å². The molecule has 0 spiro atoms. The molecule has 4 rings (SSSR count). The van der Waals surface area contributed by atoms with Gasteiger partial charge in [0.25, 0.3) is 0 Å². The van der Waals surface area contributed by atoms with Crippen molar-refractivity contribution in [2.75, 3.05) is 12.1 Å². The zero-order valence-electron chi connectivity index (χ0n) is 13.6. The first kappa shape index (κ1) is 15.4. The van der Waals surface area contributed by atoms with Crippen LogP contribution in [0.2, 0.25) is 0 Å². The Kier molecular flexibility index (Phi) is 3.38. The highest BCUT2D eigenvalue weighted by Crippen LogP contribution is 2.42. The highest BCUT2D eigenvalue weighted by atomic mass is 16.7. The van der Waals surface area contributed by atoms with Gasteiger partial charge in [0, 0.05) is 16.5 Å². The molecule has 0 fully saturated rings. The molecule has 1 amide bonds. The summed E-state index contributed by atoms with van der Waals surface area (Å²) in [6.45, 7) is 3.96. The quantitative estimate of drug-likeness (QED) is 0.673. The third kappa shape index (κ3) is 2.31. The first-order valence-corrected chi connectivity index (χ1v) is 7.88. The number of carbonyl (C=O) groups is 1. The summed E-state index contributed by atoms with van der Waals surface area (Å²) in [4.78, 5) is 23.5. The van der Waals surface area contributed by atoms with Gasteiger partial charge in [-0.1, -0.05) is 6.07 Å². The molecule has 9 nitrogen and oxygen atoms in total. The van der Waals surface area contributed by atoms with E-state index in [1.54, 1.807) is 29.1 Å². The Morgan fingerprint density at radius 3 is 2.84 bits per heavy atom. The van der Waals surface area contributed by atoms with E-state index in [9.17, 15) is 14.9 Å². The Morgan fingerprint density at radius 2 is 2.12 bits per heavy atom. The third-order valence-electron chi connectivity index (χ3n) is 4.46. The summed E-state index contributed by atoms with van der Waals surface area (Å²) in [5.74, 6) is 0.201. The fraction of sp³-hybridized carbons (Fsp3) is 0.375. The average Bonchev–Trinajstić information content (AvgIpc) is 3.18. The van der Waals surface area contributed by atoms with Gasteiger partial charge in [0.2, 0.25) is 6.79 Å². The van der Waals surface area contributed by atoms with Crippen molar-refractivity contribution >= 4 is 11.7 Å². The van der Waals surface area contributed by atoms with E-state index >= 15 is 0 Å².